The molecule has 0 aliphatic carbocycles. The van der Waals surface area contributed by atoms with E-state index in [0.29, 0.717) is 27.0 Å². The standard InChI is InChI=1S/C20H16ClN3O2S/c1-13(25)23-15-4-2-5-16(12-15)24-19(26)18-6-3-11-22-20(18)27-17-9-7-14(21)8-10-17/h2-12H,1H3,(H,23,25)(H,24,26). The highest BCUT2D eigenvalue weighted by Crippen LogP contribution is 2.30. The SMILES string of the molecule is CC(=O)Nc1cccc(NC(=O)c2cccnc2Sc2ccc(Cl)cc2)c1. The van der Waals surface area contributed by atoms with E-state index < -0.39 is 0 Å². The quantitative estimate of drug-likeness (QED) is 0.628. The van der Waals surface area contributed by atoms with Gasteiger partial charge in [-0.25, -0.2) is 4.98 Å². The van der Waals surface area contributed by atoms with Gasteiger partial charge in [0.15, 0.2) is 0 Å². The molecule has 2 amide bonds. The molecule has 0 radical (unpaired) electrons. The monoisotopic (exact) mass is 397 g/mol. The van der Waals surface area contributed by atoms with E-state index in [9.17, 15) is 9.59 Å². The van der Waals surface area contributed by atoms with Crippen molar-refractivity contribution in [1.29, 1.82) is 0 Å². The lowest BCUT2D eigenvalue weighted by atomic mass is 10.2. The maximum Gasteiger partial charge on any atom is 0.258 e. The van der Waals surface area contributed by atoms with Crippen molar-refractivity contribution in [2.75, 3.05) is 10.6 Å². The molecule has 5 nitrogen and oxygen atoms in total. The summed E-state index contributed by atoms with van der Waals surface area (Å²) in [5, 5.41) is 6.78. The summed E-state index contributed by atoms with van der Waals surface area (Å²) in [7, 11) is 0. The number of carbonyl (C=O) groups excluding carboxylic acids is 2. The average molecular weight is 398 g/mol. The highest BCUT2D eigenvalue weighted by molar-refractivity contribution is 7.99. The van der Waals surface area contributed by atoms with Gasteiger partial charge < -0.3 is 10.6 Å². The van der Waals surface area contributed by atoms with Crippen LogP contribution in [0.5, 0.6) is 0 Å². The zero-order valence-corrected chi connectivity index (χ0v) is 16.0. The normalized spacial score (nSPS) is 10.3. The summed E-state index contributed by atoms with van der Waals surface area (Å²) in [6.45, 7) is 1.43. The number of rotatable bonds is 5. The molecule has 2 aromatic carbocycles. The van der Waals surface area contributed by atoms with Gasteiger partial charge in [0.2, 0.25) is 5.91 Å². The Morgan fingerprint density at radius 1 is 0.963 bits per heavy atom. The van der Waals surface area contributed by atoms with Crippen LogP contribution in [-0.4, -0.2) is 16.8 Å². The minimum Gasteiger partial charge on any atom is -0.326 e. The minimum atomic E-state index is -0.278. The second-order valence-corrected chi connectivity index (χ2v) is 7.13. The molecule has 1 aromatic heterocycles. The Kier molecular flexibility index (Phi) is 6.11. The van der Waals surface area contributed by atoms with E-state index in [-0.39, 0.29) is 11.8 Å². The van der Waals surface area contributed by atoms with Gasteiger partial charge in [-0.3, -0.25) is 9.59 Å². The van der Waals surface area contributed by atoms with Crippen molar-refractivity contribution in [2.24, 2.45) is 0 Å². The van der Waals surface area contributed by atoms with Crippen LogP contribution < -0.4 is 10.6 Å². The Morgan fingerprint density at radius 3 is 2.37 bits per heavy atom. The molecule has 2 N–H and O–H groups in total. The molecule has 0 unspecified atom stereocenters. The second-order valence-electron chi connectivity index (χ2n) is 5.63. The molecule has 0 aliphatic rings. The fourth-order valence-corrected chi connectivity index (χ4v) is 3.34. The molecule has 0 bridgehead atoms. The first-order valence-electron chi connectivity index (χ1n) is 8.09. The number of nitrogens with zero attached hydrogens (tertiary/aromatic N) is 1. The van der Waals surface area contributed by atoms with Gasteiger partial charge in [-0.2, -0.15) is 0 Å². The van der Waals surface area contributed by atoms with Crippen molar-refractivity contribution in [3.8, 4) is 0 Å². The van der Waals surface area contributed by atoms with Crippen LogP contribution in [0.25, 0.3) is 0 Å². The largest absolute Gasteiger partial charge is 0.326 e. The number of carbonyl (C=O) groups is 2. The summed E-state index contributed by atoms with van der Waals surface area (Å²) >= 11 is 7.30. The molecule has 3 rings (SSSR count). The van der Waals surface area contributed by atoms with Gasteiger partial charge in [-0.1, -0.05) is 29.4 Å². The predicted molar refractivity (Wildman–Crippen MR) is 109 cm³/mol. The van der Waals surface area contributed by atoms with Crippen molar-refractivity contribution in [3.05, 3.63) is 77.4 Å². The van der Waals surface area contributed by atoms with Gasteiger partial charge in [-0.05, 0) is 54.6 Å². The summed E-state index contributed by atoms with van der Waals surface area (Å²) in [5.74, 6) is -0.452. The Bertz CT molecular complexity index is 977. The Balaban J connectivity index is 1.79. The second kappa shape index (κ2) is 8.70. The van der Waals surface area contributed by atoms with Crippen molar-refractivity contribution in [1.82, 2.24) is 4.98 Å². The molecular weight excluding hydrogens is 382 g/mol. The van der Waals surface area contributed by atoms with Crippen LogP contribution in [0.4, 0.5) is 11.4 Å². The molecule has 27 heavy (non-hydrogen) atoms. The number of halogens is 1. The summed E-state index contributed by atoms with van der Waals surface area (Å²) in [5.41, 5.74) is 1.65. The topological polar surface area (TPSA) is 71.1 Å². The van der Waals surface area contributed by atoms with E-state index in [1.807, 2.05) is 12.1 Å². The zero-order chi connectivity index (χ0) is 19.2. The lowest BCUT2D eigenvalue weighted by Gasteiger charge is -2.10. The highest BCUT2D eigenvalue weighted by atomic mass is 35.5. The molecule has 1 heterocycles. The Hall–Kier alpha value is -2.83. The van der Waals surface area contributed by atoms with Gasteiger partial charge >= 0.3 is 0 Å². The molecule has 7 heteroatoms. The van der Waals surface area contributed by atoms with E-state index >= 15 is 0 Å². The minimum absolute atomic E-state index is 0.174. The molecule has 3 aromatic rings. The van der Waals surface area contributed by atoms with E-state index in [1.54, 1.807) is 54.7 Å². The van der Waals surface area contributed by atoms with Crippen molar-refractivity contribution < 1.29 is 9.59 Å². The lowest BCUT2D eigenvalue weighted by Crippen LogP contribution is -2.14. The van der Waals surface area contributed by atoms with E-state index in [1.165, 1.54) is 18.7 Å². The summed E-state index contributed by atoms with van der Waals surface area (Å²) in [6.07, 6.45) is 1.65. The fraction of sp³-hybridized carbons (Fsp3) is 0.0500. The van der Waals surface area contributed by atoms with Crippen LogP contribution in [0.2, 0.25) is 5.02 Å². The van der Waals surface area contributed by atoms with Gasteiger partial charge in [-0.15, -0.1) is 0 Å². The number of hydrogen-bond donors (Lipinski definition) is 2. The first-order chi connectivity index (χ1) is 13.0. The van der Waals surface area contributed by atoms with Gasteiger partial charge in [0.05, 0.1) is 5.56 Å². The maximum atomic E-state index is 12.7. The van der Waals surface area contributed by atoms with Crippen LogP contribution >= 0.6 is 23.4 Å². The number of amides is 2. The Morgan fingerprint density at radius 2 is 1.67 bits per heavy atom. The third-order valence-electron chi connectivity index (χ3n) is 3.48. The number of aromatic nitrogens is 1. The molecule has 0 aliphatic heterocycles. The smallest absolute Gasteiger partial charge is 0.258 e. The molecule has 0 atom stereocenters. The predicted octanol–water partition coefficient (Wildman–Crippen LogP) is 5.10. The summed E-state index contributed by atoms with van der Waals surface area (Å²) in [4.78, 5) is 29.2. The Labute approximate surface area is 166 Å². The maximum absolute atomic E-state index is 12.7. The molecule has 0 saturated carbocycles. The molecular formula is C20H16ClN3O2S. The summed E-state index contributed by atoms with van der Waals surface area (Å²) in [6, 6.07) is 17.7. The van der Waals surface area contributed by atoms with E-state index in [0.717, 1.165) is 4.90 Å². The molecule has 0 spiro atoms. The van der Waals surface area contributed by atoms with Crippen molar-refractivity contribution >= 4 is 46.6 Å². The van der Waals surface area contributed by atoms with Crippen LogP contribution in [0.3, 0.4) is 0 Å². The third kappa shape index (κ3) is 5.32. The number of nitrogens with one attached hydrogen (secondary N) is 2. The van der Waals surface area contributed by atoms with Crippen molar-refractivity contribution in [3.63, 3.8) is 0 Å². The van der Waals surface area contributed by atoms with E-state index in [4.69, 9.17) is 11.6 Å². The van der Waals surface area contributed by atoms with Crippen LogP contribution in [0.1, 0.15) is 17.3 Å². The average Bonchev–Trinajstić information content (AvgIpc) is 2.64. The van der Waals surface area contributed by atoms with Crippen LogP contribution in [0, 0.1) is 0 Å². The van der Waals surface area contributed by atoms with Gasteiger partial charge in [0, 0.05) is 34.4 Å². The van der Waals surface area contributed by atoms with Gasteiger partial charge in [0.25, 0.3) is 5.91 Å². The molecule has 0 saturated heterocycles. The first kappa shape index (κ1) is 18.9. The van der Waals surface area contributed by atoms with E-state index in [2.05, 4.69) is 15.6 Å². The number of benzene rings is 2. The summed E-state index contributed by atoms with van der Waals surface area (Å²) < 4.78 is 0. The van der Waals surface area contributed by atoms with Crippen molar-refractivity contribution in [2.45, 2.75) is 16.8 Å². The van der Waals surface area contributed by atoms with Gasteiger partial charge in [0.1, 0.15) is 5.03 Å². The fourth-order valence-electron chi connectivity index (χ4n) is 2.34. The number of anilines is 2. The number of pyridine rings is 1. The third-order valence-corrected chi connectivity index (χ3v) is 4.76. The molecule has 136 valence electrons. The molecule has 0 fully saturated rings. The number of hydrogen-bond acceptors (Lipinski definition) is 4. The zero-order valence-electron chi connectivity index (χ0n) is 14.4. The highest BCUT2D eigenvalue weighted by Gasteiger charge is 2.14. The first-order valence-corrected chi connectivity index (χ1v) is 9.28. The lowest BCUT2D eigenvalue weighted by molar-refractivity contribution is -0.114. The van der Waals surface area contributed by atoms with Crippen LogP contribution in [-0.2, 0) is 4.79 Å². The van der Waals surface area contributed by atoms with Crippen LogP contribution in [0.15, 0.2) is 76.8 Å².